The van der Waals surface area contributed by atoms with Gasteiger partial charge in [0.15, 0.2) is 11.5 Å². The highest BCUT2D eigenvalue weighted by molar-refractivity contribution is 5.76. The van der Waals surface area contributed by atoms with E-state index in [-0.39, 0.29) is 24.3 Å². The Morgan fingerprint density at radius 1 is 1.26 bits per heavy atom. The fourth-order valence-electron chi connectivity index (χ4n) is 3.84. The van der Waals surface area contributed by atoms with Crippen molar-refractivity contribution in [3.8, 4) is 11.5 Å². The monoisotopic (exact) mass is 372 g/mol. The molecule has 1 aromatic carbocycles. The van der Waals surface area contributed by atoms with Gasteiger partial charge in [-0.25, -0.2) is 9.89 Å². The minimum Gasteiger partial charge on any atom is -0.454 e. The third kappa shape index (κ3) is 3.56. The van der Waals surface area contributed by atoms with E-state index in [0.29, 0.717) is 32.5 Å². The number of H-pyrrole nitrogens is 1. The topological polar surface area (TPSA) is 89.4 Å². The van der Waals surface area contributed by atoms with Crippen LogP contribution >= 0.6 is 0 Å². The maximum absolute atomic E-state index is 12.6. The number of ether oxygens (including phenoxy) is 2. The number of amides is 1. The second-order valence-corrected chi connectivity index (χ2v) is 6.97. The van der Waals surface area contributed by atoms with Gasteiger partial charge in [0.2, 0.25) is 12.7 Å². The van der Waals surface area contributed by atoms with Gasteiger partial charge in [-0.3, -0.25) is 9.36 Å². The first kappa shape index (κ1) is 17.6. The number of benzene rings is 1. The Kier molecular flexibility index (Phi) is 4.87. The van der Waals surface area contributed by atoms with Gasteiger partial charge in [0.25, 0.3) is 0 Å². The molecule has 8 heteroatoms. The minimum atomic E-state index is -0.158. The van der Waals surface area contributed by atoms with Crippen molar-refractivity contribution in [1.82, 2.24) is 19.7 Å². The lowest BCUT2D eigenvalue weighted by Gasteiger charge is -2.31. The molecule has 1 fully saturated rings. The number of aromatic nitrogens is 3. The molecule has 144 valence electrons. The molecule has 2 aliphatic heterocycles. The van der Waals surface area contributed by atoms with Crippen molar-refractivity contribution in [2.24, 2.45) is 0 Å². The molecule has 0 unspecified atom stereocenters. The van der Waals surface area contributed by atoms with Crippen LogP contribution in [0.2, 0.25) is 0 Å². The van der Waals surface area contributed by atoms with Crippen LogP contribution in [0.15, 0.2) is 23.0 Å². The predicted molar refractivity (Wildman–Crippen MR) is 98.0 cm³/mol. The highest BCUT2D eigenvalue weighted by Crippen LogP contribution is 2.33. The van der Waals surface area contributed by atoms with E-state index >= 15 is 0 Å². The Bertz CT molecular complexity index is 880. The first-order valence-electron chi connectivity index (χ1n) is 9.47. The molecule has 1 N–H and O–H groups in total. The molecule has 0 radical (unpaired) electrons. The number of rotatable bonds is 5. The summed E-state index contributed by atoms with van der Waals surface area (Å²) in [5.74, 6) is 2.72. The first-order valence-corrected chi connectivity index (χ1v) is 9.47. The molecule has 4 rings (SSSR count). The number of piperidine rings is 1. The van der Waals surface area contributed by atoms with Crippen molar-refractivity contribution in [2.75, 3.05) is 19.9 Å². The lowest BCUT2D eigenvalue weighted by atomic mass is 9.95. The van der Waals surface area contributed by atoms with Crippen molar-refractivity contribution in [1.29, 1.82) is 0 Å². The summed E-state index contributed by atoms with van der Waals surface area (Å²) in [6.45, 7) is 4.22. The second-order valence-electron chi connectivity index (χ2n) is 6.97. The van der Waals surface area contributed by atoms with Gasteiger partial charge >= 0.3 is 5.69 Å². The first-order chi connectivity index (χ1) is 13.2. The Morgan fingerprint density at radius 3 is 2.81 bits per heavy atom. The van der Waals surface area contributed by atoms with E-state index in [1.807, 2.05) is 30.0 Å². The predicted octanol–water partition coefficient (Wildman–Crippen LogP) is 1.66. The van der Waals surface area contributed by atoms with Gasteiger partial charge in [0, 0.05) is 32.0 Å². The summed E-state index contributed by atoms with van der Waals surface area (Å²) in [6.07, 6.45) is 2.83. The molecule has 0 spiro atoms. The third-order valence-corrected chi connectivity index (χ3v) is 5.38. The Balaban J connectivity index is 1.30. The molecule has 0 atom stereocenters. The number of likely N-dealkylation sites (tertiary alicyclic amines) is 1. The maximum atomic E-state index is 12.6. The lowest BCUT2D eigenvalue weighted by molar-refractivity contribution is -0.132. The number of nitrogens with one attached hydrogen (secondary N) is 1. The molecular formula is C19H24N4O4. The van der Waals surface area contributed by atoms with E-state index in [1.165, 1.54) is 0 Å². The number of nitrogens with zero attached hydrogens (tertiary/aromatic N) is 3. The number of carbonyl (C=O) groups excluding carboxylic acids is 1. The molecule has 8 nitrogen and oxygen atoms in total. The Hall–Kier alpha value is -2.77. The van der Waals surface area contributed by atoms with Crippen LogP contribution in [0.25, 0.3) is 0 Å². The molecule has 1 amide bonds. The molecule has 1 aromatic heterocycles. The van der Waals surface area contributed by atoms with Gasteiger partial charge in [-0.2, -0.15) is 5.10 Å². The number of hydrogen-bond acceptors (Lipinski definition) is 5. The molecular weight excluding hydrogens is 348 g/mol. The van der Waals surface area contributed by atoms with Crippen LogP contribution in [0.4, 0.5) is 0 Å². The average Bonchev–Trinajstić information content (AvgIpc) is 3.31. The van der Waals surface area contributed by atoms with Gasteiger partial charge in [-0.05, 0) is 43.9 Å². The van der Waals surface area contributed by atoms with Crippen molar-refractivity contribution in [3.63, 3.8) is 0 Å². The number of hydrogen-bond donors (Lipinski definition) is 1. The summed E-state index contributed by atoms with van der Waals surface area (Å²) < 4.78 is 12.4. The summed E-state index contributed by atoms with van der Waals surface area (Å²) in [7, 11) is 0. The fraction of sp³-hybridized carbons (Fsp3) is 0.526. The zero-order valence-electron chi connectivity index (χ0n) is 15.4. The number of carbonyl (C=O) groups is 1. The van der Waals surface area contributed by atoms with Crippen LogP contribution in [0.1, 0.15) is 43.5 Å². The summed E-state index contributed by atoms with van der Waals surface area (Å²) in [4.78, 5) is 26.2. The highest BCUT2D eigenvalue weighted by atomic mass is 16.7. The summed E-state index contributed by atoms with van der Waals surface area (Å²) in [6, 6.07) is 5.82. The van der Waals surface area contributed by atoms with Gasteiger partial charge in [-0.15, -0.1) is 0 Å². The quantitative estimate of drug-likeness (QED) is 0.862. The summed E-state index contributed by atoms with van der Waals surface area (Å²) in [5, 5.41) is 6.72. The summed E-state index contributed by atoms with van der Waals surface area (Å²) >= 11 is 0. The van der Waals surface area contributed by atoms with Crippen LogP contribution in [0.3, 0.4) is 0 Å². The van der Waals surface area contributed by atoms with Gasteiger partial charge in [-0.1, -0.05) is 6.07 Å². The van der Waals surface area contributed by atoms with Crippen LogP contribution in [0.5, 0.6) is 11.5 Å². The van der Waals surface area contributed by atoms with Crippen molar-refractivity contribution < 1.29 is 14.3 Å². The zero-order valence-corrected chi connectivity index (χ0v) is 15.4. The molecule has 27 heavy (non-hydrogen) atoms. The van der Waals surface area contributed by atoms with E-state index in [2.05, 4.69) is 10.2 Å². The van der Waals surface area contributed by atoms with Crippen LogP contribution in [-0.2, 0) is 17.8 Å². The third-order valence-electron chi connectivity index (χ3n) is 5.38. The van der Waals surface area contributed by atoms with Crippen LogP contribution in [0, 0.1) is 0 Å². The molecule has 2 aliphatic rings. The van der Waals surface area contributed by atoms with Gasteiger partial charge in [0.1, 0.15) is 5.82 Å². The van der Waals surface area contributed by atoms with Gasteiger partial charge in [0.05, 0.1) is 0 Å². The van der Waals surface area contributed by atoms with Crippen LogP contribution < -0.4 is 15.2 Å². The average molecular weight is 372 g/mol. The lowest BCUT2D eigenvalue weighted by Crippen LogP contribution is -2.38. The highest BCUT2D eigenvalue weighted by Gasteiger charge is 2.27. The Morgan fingerprint density at radius 2 is 2.04 bits per heavy atom. The molecule has 0 bridgehead atoms. The van der Waals surface area contributed by atoms with E-state index in [4.69, 9.17) is 9.47 Å². The SMILES string of the molecule is CCn1c(C2CCN(C(=O)CCc3ccc4c(c3)OCO4)CC2)n[nH]c1=O. The smallest absolute Gasteiger partial charge is 0.343 e. The zero-order chi connectivity index (χ0) is 18.8. The minimum absolute atomic E-state index is 0.158. The fourth-order valence-corrected chi connectivity index (χ4v) is 3.84. The van der Waals surface area contributed by atoms with Crippen molar-refractivity contribution in [2.45, 2.75) is 45.1 Å². The maximum Gasteiger partial charge on any atom is 0.343 e. The van der Waals surface area contributed by atoms with Crippen molar-refractivity contribution >= 4 is 5.91 Å². The number of aryl methyl sites for hydroxylation is 1. The molecule has 0 saturated carbocycles. The molecule has 0 aliphatic carbocycles. The second kappa shape index (κ2) is 7.46. The van der Waals surface area contributed by atoms with E-state index in [0.717, 1.165) is 35.7 Å². The normalized spacial score (nSPS) is 16.7. The van der Waals surface area contributed by atoms with Crippen molar-refractivity contribution in [3.05, 3.63) is 40.1 Å². The van der Waals surface area contributed by atoms with E-state index in [9.17, 15) is 9.59 Å². The summed E-state index contributed by atoms with van der Waals surface area (Å²) in [5.41, 5.74) is 0.917. The molecule has 1 saturated heterocycles. The van der Waals surface area contributed by atoms with Crippen LogP contribution in [-0.4, -0.2) is 45.5 Å². The van der Waals surface area contributed by atoms with E-state index in [1.54, 1.807) is 4.57 Å². The Labute approximate surface area is 157 Å². The molecule has 2 aromatic rings. The molecule has 3 heterocycles. The number of aromatic amines is 1. The standard InChI is InChI=1S/C19H24N4O4/c1-2-23-18(20-21-19(23)25)14-7-9-22(10-8-14)17(24)6-4-13-3-5-15-16(11-13)27-12-26-15/h3,5,11,14H,2,4,6-10,12H2,1H3,(H,21,25). The van der Waals surface area contributed by atoms with E-state index < -0.39 is 0 Å². The number of fused-ring (bicyclic) bond motifs is 1. The van der Waals surface area contributed by atoms with Gasteiger partial charge < -0.3 is 14.4 Å². The largest absolute Gasteiger partial charge is 0.454 e.